The Labute approximate surface area is 116 Å². The summed E-state index contributed by atoms with van der Waals surface area (Å²) in [6.45, 7) is 2.08. The fourth-order valence-corrected chi connectivity index (χ4v) is 1.58. The molecule has 0 aliphatic carbocycles. The van der Waals surface area contributed by atoms with Crippen LogP contribution in [0.4, 0.5) is 5.69 Å². The molecule has 0 aliphatic heterocycles. The summed E-state index contributed by atoms with van der Waals surface area (Å²) in [6.07, 6.45) is 0.183. The smallest absolute Gasteiger partial charge is 0.226 e. The molecule has 1 aromatic carbocycles. The predicted octanol–water partition coefficient (Wildman–Crippen LogP) is 1.26. The Morgan fingerprint density at radius 2 is 2.16 bits per heavy atom. The maximum Gasteiger partial charge on any atom is 0.226 e. The third-order valence-electron chi connectivity index (χ3n) is 2.39. The monoisotopic (exact) mass is 284 g/mol. The summed E-state index contributed by atoms with van der Waals surface area (Å²) in [6, 6.07) is 3.40. The number of ether oxygens (including phenoxy) is 1. The summed E-state index contributed by atoms with van der Waals surface area (Å²) in [5.74, 6) is 0.267. The van der Waals surface area contributed by atoms with Gasteiger partial charge in [-0.3, -0.25) is 9.79 Å². The van der Waals surface area contributed by atoms with E-state index in [1.54, 1.807) is 12.1 Å². The molecule has 0 bridgehead atoms. The molecule has 0 fully saturated rings. The van der Waals surface area contributed by atoms with Gasteiger partial charge in [0.05, 0.1) is 19.3 Å². The van der Waals surface area contributed by atoms with Gasteiger partial charge in [-0.1, -0.05) is 11.6 Å². The lowest BCUT2D eigenvalue weighted by atomic mass is 10.2. The number of hydrogen-bond donors (Lipinski definition) is 3. The van der Waals surface area contributed by atoms with E-state index in [0.29, 0.717) is 16.5 Å². The number of aryl methyl sites for hydroxylation is 1. The first kappa shape index (κ1) is 15.1. The molecule has 1 rings (SSSR count). The minimum absolute atomic E-state index is 0.0345. The first-order valence-electron chi connectivity index (χ1n) is 5.63. The molecule has 0 unspecified atom stereocenters. The largest absolute Gasteiger partial charge is 0.495 e. The first-order valence-corrected chi connectivity index (χ1v) is 6.01. The summed E-state index contributed by atoms with van der Waals surface area (Å²) >= 11 is 5.98. The van der Waals surface area contributed by atoms with Crippen molar-refractivity contribution < 1.29 is 9.53 Å². The highest BCUT2D eigenvalue weighted by molar-refractivity contribution is 6.31. The zero-order valence-corrected chi connectivity index (χ0v) is 11.6. The van der Waals surface area contributed by atoms with Gasteiger partial charge in [0.25, 0.3) is 0 Å². The lowest BCUT2D eigenvalue weighted by Gasteiger charge is -2.11. The lowest BCUT2D eigenvalue weighted by molar-refractivity contribution is -0.116. The number of rotatable bonds is 5. The highest BCUT2D eigenvalue weighted by Crippen LogP contribution is 2.30. The Hall–Kier alpha value is -1.95. The molecule has 0 aliphatic rings. The fourth-order valence-electron chi connectivity index (χ4n) is 1.43. The Bertz CT molecular complexity index is 499. The number of anilines is 1. The van der Waals surface area contributed by atoms with Crippen molar-refractivity contribution in [2.75, 3.05) is 19.0 Å². The molecule has 5 N–H and O–H groups in total. The van der Waals surface area contributed by atoms with Crippen molar-refractivity contribution in [3.05, 3.63) is 22.7 Å². The van der Waals surface area contributed by atoms with E-state index in [1.165, 1.54) is 7.11 Å². The summed E-state index contributed by atoms with van der Waals surface area (Å²) < 4.78 is 5.16. The van der Waals surface area contributed by atoms with Gasteiger partial charge in [0.1, 0.15) is 5.75 Å². The van der Waals surface area contributed by atoms with Crippen LogP contribution in [0, 0.1) is 6.92 Å². The number of nitrogens with two attached hydrogens (primary N) is 2. The molecule has 0 saturated carbocycles. The zero-order chi connectivity index (χ0) is 14.4. The van der Waals surface area contributed by atoms with Crippen LogP contribution in [0.3, 0.4) is 0 Å². The van der Waals surface area contributed by atoms with Gasteiger partial charge in [-0.05, 0) is 18.6 Å². The van der Waals surface area contributed by atoms with Gasteiger partial charge in [0, 0.05) is 17.5 Å². The van der Waals surface area contributed by atoms with Crippen molar-refractivity contribution in [3.63, 3.8) is 0 Å². The second kappa shape index (κ2) is 6.84. The van der Waals surface area contributed by atoms with Crippen LogP contribution in [0.1, 0.15) is 12.0 Å². The van der Waals surface area contributed by atoms with E-state index in [4.69, 9.17) is 27.8 Å². The van der Waals surface area contributed by atoms with Crippen molar-refractivity contribution in [1.82, 2.24) is 0 Å². The summed E-state index contributed by atoms with van der Waals surface area (Å²) in [7, 11) is 1.51. The van der Waals surface area contributed by atoms with Crippen LogP contribution in [-0.2, 0) is 4.79 Å². The van der Waals surface area contributed by atoms with Crippen LogP contribution >= 0.6 is 11.6 Å². The number of methoxy groups -OCH3 is 1. The summed E-state index contributed by atoms with van der Waals surface area (Å²) in [5.41, 5.74) is 11.8. The van der Waals surface area contributed by atoms with Gasteiger partial charge in [0.15, 0.2) is 5.96 Å². The Balaban J connectivity index is 2.73. The molecule has 0 aromatic heterocycles. The average molecular weight is 285 g/mol. The number of hydrogen-bond acceptors (Lipinski definition) is 3. The molecule has 0 atom stereocenters. The molecule has 0 radical (unpaired) electrons. The van der Waals surface area contributed by atoms with Crippen molar-refractivity contribution in [3.8, 4) is 5.75 Å². The molecule has 104 valence electrons. The Morgan fingerprint density at radius 3 is 2.74 bits per heavy atom. The van der Waals surface area contributed by atoms with Crippen molar-refractivity contribution in [1.29, 1.82) is 0 Å². The summed E-state index contributed by atoms with van der Waals surface area (Å²) in [4.78, 5) is 15.4. The number of carbonyl (C=O) groups excluding carboxylic acids is 1. The highest BCUT2D eigenvalue weighted by Gasteiger charge is 2.10. The van der Waals surface area contributed by atoms with E-state index in [9.17, 15) is 4.79 Å². The third-order valence-corrected chi connectivity index (χ3v) is 2.80. The van der Waals surface area contributed by atoms with Crippen molar-refractivity contribution in [2.45, 2.75) is 13.3 Å². The van der Waals surface area contributed by atoms with Gasteiger partial charge in [0.2, 0.25) is 5.91 Å². The van der Waals surface area contributed by atoms with Crippen LogP contribution in [0.25, 0.3) is 0 Å². The fraction of sp³-hybridized carbons (Fsp3) is 0.333. The zero-order valence-electron chi connectivity index (χ0n) is 10.9. The molecule has 0 saturated heterocycles. The number of nitrogens with zero attached hydrogens (tertiary/aromatic N) is 1. The van der Waals surface area contributed by atoms with Gasteiger partial charge in [-0.2, -0.15) is 0 Å². The van der Waals surface area contributed by atoms with Crippen LogP contribution in [-0.4, -0.2) is 25.5 Å². The number of carbonyl (C=O) groups is 1. The van der Waals surface area contributed by atoms with Crippen molar-refractivity contribution in [2.24, 2.45) is 16.5 Å². The number of halogens is 1. The number of benzene rings is 1. The van der Waals surface area contributed by atoms with E-state index in [1.807, 2.05) is 6.92 Å². The van der Waals surface area contributed by atoms with Crippen LogP contribution in [0.2, 0.25) is 5.02 Å². The quantitative estimate of drug-likeness (QED) is 0.559. The first-order chi connectivity index (χ1) is 8.93. The summed E-state index contributed by atoms with van der Waals surface area (Å²) in [5, 5.41) is 3.31. The minimum Gasteiger partial charge on any atom is -0.495 e. The maximum atomic E-state index is 11.7. The van der Waals surface area contributed by atoms with E-state index in [2.05, 4.69) is 10.3 Å². The van der Waals surface area contributed by atoms with Gasteiger partial charge in [-0.25, -0.2) is 0 Å². The maximum absolute atomic E-state index is 11.7. The van der Waals surface area contributed by atoms with Gasteiger partial charge < -0.3 is 21.5 Å². The van der Waals surface area contributed by atoms with E-state index in [0.717, 1.165) is 5.56 Å². The van der Waals surface area contributed by atoms with E-state index >= 15 is 0 Å². The van der Waals surface area contributed by atoms with Gasteiger partial charge in [-0.15, -0.1) is 0 Å². The van der Waals surface area contributed by atoms with E-state index in [-0.39, 0.29) is 24.8 Å². The Morgan fingerprint density at radius 1 is 1.47 bits per heavy atom. The van der Waals surface area contributed by atoms with Crippen LogP contribution in [0.5, 0.6) is 5.75 Å². The molecule has 0 spiro atoms. The van der Waals surface area contributed by atoms with Crippen molar-refractivity contribution >= 4 is 29.2 Å². The van der Waals surface area contributed by atoms with Gasteiger partial charge >= 0.3 is 0 Å². The highest BCUT2D eigenvalue weighted by atomic mass is 35.5. The molecule has 0 heterocycles. The number of aliphatic imine (C=N–C) groups is 1. The number of amides is 1. The topological polar surface area (TPSA) is 103 Å². The molecule has 1 amide bonds. The molecular weight excluding hydrogens is 268 g/mol. The number of nitrogens with one attached hydrogen (secondary N) is 1. The molecule has 7 heteroatoms. The Kier molecular flexibility index (Phi) is 5.44. The second-order valence-corrected chi connectivity index (χ2v) is 4.31. The molecule has 1 aromatic rings. The van der Waals surface area contributed by atoms with Crippen LogP contribution in [0.15, 0.2) is 17.1 Å². The standard InChI is InChI=1S/C12H17ClN4O2/c1-7-5-9(10(19-2)6-8(7)13)17-11(18)3-4-16-12(14)15/h5-6H,3-4H2,1-2H3,(H,17,18)(H4,14,15,16). The predicted molar refractivity (Wildman–Crippen MR) is 76.7 cm³/mol. The second-order valence-electron chi connectivity index (χ2n) is 3.91. The van der Waals surface area contributed by atoms with Crippen LogP contribution < -0.4 is 21.5 Å². The van der Waals surface area contributed by atoms with E-state index < -0.39 is 0 Å². The number of guanidine groups is 1. The molecule has 19 heavy (non-hydrogen) atoms. The minimum atomic E-state index is -0.204. The molecular formula is C12H17ClN4O2. The third kappa shape index (κ3) is 4.67. The SMILES string of the molecule is COc1cc(Cl)c(C)cc1NC(=O)CCN=C(N)N. The molecule has 6 nitrogen and oxygen atoms in total. The lowest BCUT2D eigenvalue weighted by Crippen LogP contribution is -2.23. The normalized spacial score (nSPS) is 9.84. The average Bonchev–Trinajstić information content (AvgIpc) is 2.33.